The van der Waals surface area contributed by atoms with Gasteiger partial charge in [0.2, 0.25) is 5.91 Å². The summed E-state index contributed by atoms with van der Waals surface area (Å²) in [6.45, 7) is 0.478. The minimum atomic E-state index is -0.342. The van der Waals surface area contributed by atoms with Crippen LogP contribution in [0.15, 0.2) is 42.5 Å². The number of nitrogens with one attached hydrogen (secondary N) is 1. The Morgan fingerprint density at radius 3 is 2.55 bits per heavy atom. The fraction of sp³-hybridized carbons (Fsp3) is 0.250. The predicted molar refractivity (Wildman–Crippen MR) is 76.5 cm³/mol. The Kier molecular flexibility index (Phi) is 2.19. The van der Waals surface area contributed by atoms with Crippen LogP contribution in [0.25, 0.3) is 10.8 Å². The second kappa shape index (κ2) is 3.82. The topological polar surface area (TPSA) is 49.4 Å². The molecule has 2 aromatic carbocycles. The molecule has 1 aliphatic heterocycles. The number of carbonyl (C=O) groups excluding carboxylic acids is 2. The van der Waals surface area contributed by atoms with Crippen molar-refractivity contribution in [3.8, 4) is 0 Å². The van der Waals surface area contributed by atoms with Gasteiger partial charge < -0.3 is 5.32 Å². The Morgan fingerprint density at radius 2 is 1.75 bits per heavy atom. The van der Waals surface area contributed by atoms with Crippen LogP contribution in [0, 0.1) is 5.41 Å². The summed E-state index contributed by atoms with van der Waals surface area (Å²) in [7, 11) is 0. The van der Waals surface area contributed by atoms with Gasteiger partial charge in [-0.25, -0.2) is 9.69 Å². The van der Waals surface area contributed by atoms with Gasteiger partial charge in [0.1, 0.15) is 0 Å². The lowest BCUT2D eigenvalue weighted by atomic mass is 10.0. The van der Waals surface area contributed by atoms with Gasteiger partial charge in [-0.2, -0.15) is 0 Å². The lowest BCUT2D eigenvalue weighted by Crippen LogP contribution is -2.56. The minimum Gasteiger partial charge on any atom is -0.336 e. The van der Waals surface area contributed by atoms with Crippen LogP contribution in [0.3, 0.4) is 0 Å². The molecule has 2 aliphatic rings. The highest BCUT2D eigenvalue weighted by molar-refractivity contribution is 6.22. The molecule has 1 saturated heterocycles. The van der Waals surface area contributed by atoms with Crippen LogP contribution in [0.2, 0.25) is 0 Å². The number of benzene rings is 2. The van der Waals surface area contributed by atoms with Gasteiger partial charge in [0.05, 0.1) is 11.1 Å². The first-order valence-corrected chi connectivity index (χ1v) is 6.81. The number of rotatable bonds is 1. The Hall–Kier alpha value is -2.36. The summed E-state index contributed by atoms with van der Waals surface area (Å²) < 4.78 is 0. The second-order valence-corrected chi connectivity index (χ2v) is 5.58. The third kappa shape index (κ3) is 1.48. The molecule has 4 rings (SSSR count). The van der Waals surface area contributed by atoms with Crippen molar-refractivity contribution >= 4 is 28.4 Å². The van der Waals surface area contributed by atoms with E-state index in [-0.39, 0.29) is 17.4 Å². The quantitative estimate of drug-likeness (QED) is 0.862. The molecule has 2 fully saturated rings. The van der Waals surface area contributed by atoms with E-state index < -0.39 is 0 Å². The molecule has 4 nitrogen and oxygen atoms in total. The van der Waals surface area contributed by atoms with E-state index in [9.17, 15) is 9.59 Å². The number of fused-ring (bicyclic) bond motifs is 1. The molecule has 1 N–H and O–H groups in total. The fourth-order valence-corrected chi connectivity index (χ4v) is 2.89. The van der Waals surface area contributed by atoms with Crippen LogP contribution in [0.4, 0.5) is 10.5 Å². The highest BCUT2D eigenvalue weighted by Gasteiger charge is 2.56. The van der Waals surface area contributed by atoms with E-state index in [0.29, 0.717) is 12.2 Å². The third-order valence-electron chi connectivity index (χ3n) is 4.30. The molecule has 0 radical (unpaired) electrons. The van der Waals surface area contributed by atoms with E-state index in [1.807, 2.05) is 42.5 Å². The van der Waals surface area contributed by atoms with E-state index in [2.05, 4.69) is 5.32 Å². The monoisotopic (exact) mass is 266 g/mol. The maximum atomic E-state index is 12.6. The molecule has 0 unspecified atom stereocenters. The first kappa shape index (κ1) is 11.5. The van der Waals surface area contributed by atoms with E-state index >= 15 is 0 Å². The van der Waals surface area contributed by atoms with Gasteiger partial charge in [-0.05, 0) is 24.3 Å². The molecule has 0 bridgehead atoms. The van der Waals surface area contributed by atoms with Crippen LogP contribution in [-0.4, -0.2) is 18.5 Å². The number of nitrogens with zero attached hydrogens (tertiary/aromatic N) is 1. The van der Waals surface area contributed by atoms with Gasteiger partial charge in [0.25, 0.3) is 0 Å². The van der Waals surface area contributed by atoms with Gasteiger partial charge in [0.15, 0.2) is 0 Å². The second-order valence-electron chi connectivity index (χ2n) is 5.58. The normalized spacial score (nSPS) is 20.3. The molecule has 1 spiro atoms. The number of hydrogen-bond donors (Lipinski definition) is 1. The van der Waals surface area contributed by atoms with Crippen molar-refractivity contribution in [2.45, 2.75) is 12.8 Å². The molecule has 1 saturated carbocycles. The largest absolute Gasteiger partial charge is 0.336 e. The van der Waals surface area contributed by atoms with Crippen LogP contribution < -0.4 is 10.2 Å². The van der Waals surface area contributed by atoms with Crippen LogP contribution in [0.5, 0.6) is 0 Å². The molecule has 3 amide bonds. The summed E-state index contributed by atoms with van der Waals surface area (Å²) >= 11 is 0. The average molecular weight is 266 g/mol. The third-order valence-corrected chi connectivity index (χ3v) is 4.30. The molecular weight excluding hydrogens is 252 g/mol. The molecule has 1 aliphatic carbocycles. The van der Waals surface area contributed by atoms with Crippen molar-refractivity contribution in [2.75, 3.05) is 11.4 Å². The number of anilines is 1. The van der Waals surface area contributed by atoms with Gasteiger partial charge in [-0.3, -0.25) is 4.79 Å². The van der Waals surface area contributed by atoms with Crippen molar-refractivity contribution in [2.24, 2.45) is 5.41 Å². The smallest absolute Gasteiger partial charge is 0.328 e. The number of urea groups is 1. The van der Waals surface area contributed by atoms with Crippen LogP contribution in [-0.2, 0) is 4.79 Å². The molecule has 1 heterocycles. The zero-order chi connectivity index (χ0) is 13.7. The molecule has 2 aromatic rings. The van der Waals surface area contributed by atoms with Crippen LogP contribution in [0.1, 0.15) is 12.8 Å². The summed E-state index contributed by atoms with van der Waals surface area (Å²) in [5.41, 5.74) is 0.335. The number of carbonyl (C=O) groups is 2. The lowest BCUT2D eigenvalue weighted by Gasteiger charge is -2.32. The molecule has 20 heavy (non-hydrogen) atoms. The zero-order valence-corrected chi connectivity index (χ0v) is 10.9. The summed E-state index contributed by atoms with van der Waals surface area (Å²) in [5, 5.41) is 4.80. The zero-order valence-electron chi connectivity index (χ0n) is 10.9. The van der Waals surface area contributed by atoms with Crippen LogP contribution >= 0.6 is 0 Å². The van der Waals surface area contributed by atoms with Gasteiger partial charge in [-0.1, -0.05) is 36.4 Å². The van der Waals surface area contributed by atoms with E-state index in [0.717, 1.165) is 23.6 Å². The van der Waals surface area contributed by atoms with E-state index in [4.69, 9.17) is 0 Å². The Bertz CT molecular complexity index is 729. The highest BCUT2D eigenvalue weighted by atomic mass is 16.2. The van der Waals surface area contributed by atoms with Crippen molar-refractivity contribution < 1.29 is 9.59 Å². The maximum absolute atomic E-state index is 12.6. The van der Waals surface area contributed by atoms with E-state index in [1.54, 1.807) is 0 Å². The number of imide groups is 1. The predicted octanol–water partition coefficient (Wildman–Crippen LogP) is 2.68. The van der Waals surface area contributed by atoms with Gasteiger partial charge in [-0.15, -0.1) is 0 Å². The van der Waals surface area contributed by atoms with Crippen molar-refractivity contribution in [1.29, 1.82) is 0 Å². The number of hydrogen-bond acceptors (Lipinski definition) is 2. The Balaban J connectivity index is 1.89. The molecule has 4 heteroatoms. The van der Waals surface area contributed by atoms with E-state index in [1.165, 1.54) is 4.90 Å². The summed E-state index contributed by atoms with van der Waals surface area (Å²) in [4.78, 5) is 26.1. The van der Waals surface area contributed by atoms with Gasteiger partial charge >= 0.3 is 6.03 Å². The standard InChI is InChI=1S/C16H14N2O2/c19-14-16(8-9-16)10-17-15(20)18(14)13-7-3-5-11-4-1-2-6-12(11)13/h1-7H,8-10H2,(H,17,20). The summed E-state index contributed by atoms with van der Waals surface area (Å²) in [6.07, 6.45) is 1.74. The van der Waals surface area contributed by atoms with Crippen molar-refractivity contribution in [3.05, 3.63) is 42.5 Å². The molecule has 0 aromatic heterocycles. The fourth-order valence-electron chi connectivity index (χ4n) is 2.89. The van der Waals surface area contributed by atoms with Crippen molar-refractivity contribution in [3.63, 3.8) is 0 Å². The maximum Gasteiger partial charge on any atom is 0.328 e. The Labute approximate surface area is 116 Å². The van der Waals surface area contributed by atoms with Gasteiger partial charge in [0, 0.05) is 11.9 Å². The average Bonchev–Trinajstić information content (AvgIpc) is 3.25. The summed E-state index contributed by atoms with van der Waals surface area (Å²) in [6, 6.07) is 13.2. The Morgan fingerprint density at radius 1 is 1.00 bits per heavy atom. The SMILES string of the molecule is O=C1NCC2(CC2)C(=O)N1c1cccc2ccccc12. The number of amides is 3. The first-order valence-electron chi connectivity index (χ1n) is 6.81. The first-order chi connectivity index (χ1) is 9.71. The highest BCUT2D eigenvalue weighted by Crippen LogP contribution is 2.49. The summed E-state index contributed by atoms with van der Waals surface area (Å²) in [5.74, 6) is -0.0578. The van der Waals surface area contributed by atoms with Crippen molar-refractivity contribution in [1.82, 2.24) is 5.32 Å². The molecule has 0 atom stereocenters. The minimum absolute atomic E-state index is 0.0578. The lowest BCUT2D eigenvalue weighted by molar-refractivity contribution is -0.123. The molecule has 100 valence electrons. The molecular formula is C16H14N2O2.